The van der Waals surface area contributed by atoms with Gasteiger partial charge in [0.1, 0.15) is 0 Å². The van der Waals surface area contributed by atoms with Crippen molar-refractivity contribution in [3.05, 3.63) is 51.4 Å². The van der Waals surface area contributed by atoms with Gasteiger partial charge in [-0.05, 0) is 17.7 Å². The van der Waals surface area contributed by atoms with Crippen molar-refractivity contribution >= 4 is 34.8 Å². The van der Waals surface area contributed by atoms with Gasteiger partial charge in [-0.25, -0.2) is 4.98 Å². The van der Waals surface area contributed by atoms with Crippen LogP contribution in [0.3, 0.4) is 0 Å². The number of rotatable bonds is 2. The van der Waals surface area contributed by atoms with Crippen LogP contribution in [0.2, 0.25) is 5.02 Å². The van der Waals surface area contributed by atoms with E-state index >= 15 is 0 Å². The molecule has 2 amide bonds. The van der Waals surface area contributed by atoms with E-state index in [1.807, 2.05) is 11.4 Å². The first-order valence-corrected chi connectivity index (χ1v) is 7.39. The molecule has 0 bridgehead atoms. The van der Waals surface area contributed by atoms with E-state index in [0.717, 1.165) is 10.6 Å². The highest BCUT2D eigenvalue weighted by Gasteiger charge is 2.39. The maximum atomic E-state index is 12.2. The minimum absolute atomic E-state index is 0.227. The van der Waals surface area contributed by atoms with Gasteiger partial charge < -0.3 is 0 Å². The van der Waals surface area contributed by atoms with Crippen molar-refractivity contribution in [2.45, 2.75) is 18.3 Å². The van der Waals surface area contributed by atoms with Crippen LogP contribution in [0, 0.1) is 0 Å². The Bertz CT molecular complexity index is 657. The molecule has 1 aliphatic rings. The van der Waals surface area contributed by atoms with Gasteiger partial charge in [0, 0.05) is 28.9 Å². The summed E-state index contributed by atoms with van der Waals surface area (Å²) in [5.41, 5.74) is 0.808. The van der Waals surface area contributed by atoms with Gasteiger partial charge in [0.15, 0.2) is 0 Å². The van der Waals surface area contributed by atoms with Crippen molar-refractivity contribution < 1.29 is 9.59 Å². The fourth-order valence-corrected chi connectivity index (χ4v) is 3.47. The van der Waals surface area contributed by atoms with Crippen LogP contribution < -0.4 is 5.32 Å². The lowest BCUT2D eigenvalue weighted by Crippen LogP contribution is -2.43. The van der Waals surface area contributed by atoms with Gasteiger partial charge in [-0.15, -0.1) is 11.3 Å². The largest absolute Gasteiger partial charge is 0.296 e. The first-order chi connectivity index (χ1) is 9.65. The Morgan fingerprint density at radius 3 is 2.90 bits per heavy atom. The topological polar surface area (TPSA) is 59.1 Å². The van der Waals surface area contributed by atoms with Crippen LogP contribution >= 0.6 is 22.9 Å². The number of aromatic nitrogens is 1. The van der Waals surface area contributed by atoms with E-state index in [9.17, 15) is 9.59 Å². The van der Waals surface area contributed by atoms with E-state index in [1.165, 1.54) is 11.3 Å². The van der Waals surface area contributed by atoms with Crippen LogP contribution in [0.1, 0.15) is 28.8 Å². The molecule has 6 heteroatoms. The molecule has 2 aromatic rings. The molecule has 0 spiro atoms. The smallest absolute Gasteiger partial charge is 0.234 e. The summed E-state index contributed by atoms with van der Waals surface area (Å²) >= 11 is 7.46. The summed E-state index contributed by atoms with van der Waals surface area (Å²) in [6.07, 6.45) is 1.95. The van der Waals surface area contributed by atoms with Crippen molar-refractivity contribution in [3.63, 3.8) is 0 Å². The zero-order valence-corrected chi connectivity index (χ0v) is 11.9. The Hall–Kier alpha value is -1.72. The van der Waals surface area contributed by atoms with Crippen LogP contribution in [-0.4, -0.2) is 16.8 Å². The maximum absolute atomic E-state index is 12.2. The monoisotopic (exact) mass is 306 g/mol. The summed E-state index contributed by atoms with van der Waals surface area (Å²) in [6, 6.07) is 7.18. The maximum Gasteiger partial charge on any atom is 0.234 e. The molecule has 102 valence electrons. The van der Waals surface area contributed by atoms with Gasteiger partial charge in [-0.2, -0.15) is 0 Å². The van der Waals surface area contributed by atoms with Crippen molar-refractivity contribution in [2.75, 3.05) is 0 Å². The van der Waals surface area contributed by atoms with Crippen molar-refractivity contribution in [3.8, 4) is 0 Å². The molecule has 4 nitrogen and oxygen atoms in total. The number of thiazole rings is 1. The van der Waals surface area contributed by atoms with Gasteiger partial charge in [0.2, 0.25) is 11.8 Å². The minimum atomic E-state index is -0.433. The summed E-state index contributed by atoms with van der Waals surface area (Å²) in [6.45, 7) is 0. The van der Waals surface area contributed by atoms with Gasteiger partial charge in [0.25, 0.3) is 0 Å². The van der Waals surface area contributed by atoms with Crippen molar-refractivity contribution in [2.24, 2.45) is 0 Å². The molecule has 1 aromatic heterocycles. The number of carbonyl (C=O) groups excluding carboxylic acids is 2. The Balaban J connectivity index is 2.04. The Labute approximate surface area is 124 Å². The Morgan fingerprint density at radius 1 is 1.35 bits per heavy atom. The Morgan fingerprint density at radius 2 is 2.20 bits per heavy atom. The van der Waals surface area contributed by atoms with E-state index in [2.05, 4.69) is 10.3 Å². The quantitative estimate of drug-likeness (QED) is 0.868. The normalized spacial score (nSPS) is 22.6. The van der Waals surface area contributed by atoms with Crippen molar-refractivity contribution in [1.29, 1.82) is 0 Å². The Kier molecular flexibility index (Phi) is 3.54. The summed E-state index contributed by atoms with van der Waals surface area (Å²) in [5.74, 6) is -1.20. The summed E-state index contributed by atoms with van der Waals surface area (Å²) in [7, 11) is 0. The molecule has 2 atom stereocenters. The lowest BCUT2D eigenvalue weighted by molar-refractivity contribution is -0.135. The number of hydrogen-bond acceptors (Lipinski definition) is 4. The lowest BCUT2D eigenvalue weighted by Gasteiger charge is -2.29. The van der Waals surface area contributed by atoms with E-state index in [4.69, 9.17) is 11.6 Å². The van der Waals surface area contributed by atoms with Crippen LogP contribution in [0.15, 0.2) is 35.8 Å². The third-order valence-corrected chi connectivity index (χ3v) is 4.47. The molecule has 2 unspecified atom stereocenters. The number of nitrogens with zero attached hydrogens (tertiary/aromatic N) is 1. The zero-order valence-electron chi connectivity index (χ0n) is 10.4. The van der Waals surface area contributed by atoms with E-state index < -0.39 is 5.92 Å². The molecule has 1 aromatic carbocycles. The fraction of sp³-hybridized carbons (Fsp3) is 0.214. The third-order valence-electron chi connectivity index (χ3n) is 3.33. The molecule has 0 saturated carbocycles. The van der Waals surface area contributed by atoms with Crippen LogP contribution in [0.4, 0.5) is 0 Å². The summed E-state index contributed by atoms with van der Waals surface area (Å²) in [4.78, 5) is 28.1. The molecule has 20 heavy (non-hydrogen) atoms. The summed E-state index contributed by atoms with van der Waals surface area (Å²) < 4.78 is 0. The number of hydrogen-bond donors (Lipinski definition) is 1. The van der Waals surface area contributed by atoms with Crippen LogP contribution in [0.5, 0.6) is 0 Å². The second kappa shape index (κ2) is 5.34. The highest BCUT2D eigenvalue weighted by atomic mass is 35.5. The van der Waals surface area contributed by atoms with Gasteiger partial charge >= 0.3 is 0 Å². The highest BCUT2D eigenvalue weighted by Crippen LogP contribution is 2.39. The second-order valence-electron chi connectivity index (χ2n) is 4.63. The number of benzene rings is 1. The molecular weight excluding hydrogens is 296 g/mol. The molecular formula is C14H11ClN2O2S. The fourth-order valence-electron chi connectivity index (χ4n) is 2.50. The first-order valence-electron chi connectivity index (χ1n) is 6.13. The standard InChI is InChI=1S/C14H11ClN2O2S/c15-9-3-1-2-8(6-9)12-10(14-16-4-5-20-14)7-11(18)17-13(12)19/h1-6,10,12H,7H2,(H,17,18,19). The average Bonchev–Trinajstić information content (AvgIpc) is 2.91. The van der Waals surface area contributed by atoms with E-state index in [0.29, 0.717) is 5.02 Å². The number of imide groups is 1. The predicted molar refractivity (Wildman–Crippen MR) is 76.8 cm³/mol. The molecule has 1 N–H and O–H groups in total. The average molecular weight is 307 g/mol. The molecule has 3 rings (SSSR count). The lowest BCUT2D eigenvalue weighted by atomic mass is 9.81. The first kappa shape index (κ1) is 13.3. The SMILES string of the molecule is O=C1CC(c2nccs2)C(c2cccc(Cl)c2)C(=O)N1. The van der Waals surface area contributed by atoms with E-state index in [1.54, 1.807) is 24.4 Å². The minimum Gasteiger partial charge on any atom is -0.296 e. The molecule has 1 saturated heterocycles. The molecule has 0 aliphatic carbocycles. The number of nitrogens with one attached hydrogen (secondary N) is 1. The van der Waals surface area contributed by atoms with E-state index in [-0.39, 0.29) is 24.2 Å². The third kappa shape index (κ3) is 2.46. The predicted octanol–water partition coefficient (Wildman–Crippen LogP) is 2.71. The molecule has 1 aliphatic heterocycles. The van der Waals surface area contributed by atoms with Crippen LogP contribution in [-0.2, 0) is 9.59 Å². The van der Waals surface area contributed by atoms with Crippen molar-refractivity contribution in [1.82, 2.24) is 10.3 Å². The van der Waals surface area contributed by atoms with Gasteiger partial charge in [-0.3, -0.25) is 14.9 Å². The number of piperidine rings is 1. The molecule has 0 radical (unpaired) electrons. The molecule has 1 fully saturated rings. The highest BCUT2D eigenvalue weighted by molar-refractivity contribution is 7.09. The number of halogens is 1. The van der Waals surface area contributed by atoms with Gasteiger partial charge in [0.05, 0.1) is 10.9 Å². The van der Waals surface area contributed by atoms with Gasteiger partial charge in [-0.1, -0.05) is 23.7 Å². The zero-order chi connectivity index (χ0) is 14.1. The molecule has 2 heterocycles. The summed E-state index contributed by atoms with van der Waals surface area (Å²) in [5, 5.41) is 5.62. The van der Waals surface area contributed by atoms with Crippen LogP contribution in [0.25, 0.3) is 0 Å². The number of amides is 2. The second-order valence-corrected chi connectivity index (χ2v) is 5.99. The number of carbonyl (C=O) groups is 2.